The first-order valence-electron chi connectivity index (χ1n) is 8.00. The topological polar surface area (TPSA) is 51.1 Å². The molecule has 0 amide bonds. The number of nitrogens with one attached hydrogen (secondary N) is 2. The normalized spacial score (nSPS) is 10.8. The predicted molar refractivity (Wildman–Crippen MR) is 111 cm³/mol. The molecule has 0 fully saturated rings. The van der Waals surface area contributed by atoms with Gasteiger partial charge in [0.25, 0.3) is 0 Å². The van der Waals surface area contributed by atoms with Gasteiger partial charge in [0.1, 0.15) is 5.75 Å². The van der Waals surface area contributed by atoms with Gasteiger partial charge < -0.3 is 15.4 Å². The predicted octanol–water partition coefficient (Wildman–Crippen LogP) is 5.65. The largest absolute Gasteiger partial charge is 0.433 e. The molecule has 0 aliphatic rings. The van der Waals surface area contributed by atoms with Gasteiger partial charge in [-0.15, -0.1) is 0 Å². The van der Waals surface area contributed by atoms with Crippen molar-refractivity contribution in [3.63, 3.8) is 0 Å². The van der Waals surface area contributed by atoms with Crippen LogP contribution in [0.15, 0.2) is 54.7 Å². The highest BCUT2D eigenvalue weighted by molar-refractivity contribution is 7.80. The summed E-state index contributed by atoms with van der Waals surface area (Å²) in [4.78, 5) is 0. The Morgan fingerprint density at radius 3 is 2.50 bits per heavy atom. The fraction of sp³-hybridized carbons (Fsp3) is 0.111. The van der Waals surface area contributed by atoms with Gasteiger partial charge in [-0.3, -0.25) is 4.68 Å². The third-order valence-corrected chi connectivity index (χ3v) is 4.53. The molecule has 0 atom stereocenters. The van der Waals surface area contributed by atoms with Crippen LogP contribution in [0.25, 0.3) is 0 Å². The van der Waals surface area contributed by atoms with E-state index >= 15 is 0 Å². The molecule has 1 heterocycles. The third-order valence-electron chi connectivity index (χ3n) is 3.62. The van der Waals surface area contributed by atoms with Crippen LogP contribution < -0.4 is 15.4 Å². The molecule has 2 aromatic carbocycles. The van der Waals surface area contributed by atoms with Gasteiger partial charge in [0.2, 0.25) is 0 Å². The molecule has 146 valence electrons. The fourth-order valence-electron chi connectivity index (χ4n) is 2.40. The van der Waals surface area contributed by atoms with E-state index in [4.69, 9.17) is 35.4 Å². The van der Waals surface area contributed by atoms with Crippen LogP contribution in [0.2, 0.25) is 10.0 Å². The molecule has 0 radical (unpaired) electrons. The van der Waals surface area contributed by atoms with E-state index in [0.717, 1.165) is 5.56 Å². The van der Waals surface area contributed by atoms with Crippen molar-refractivity contribution in [2.75, 3.05) is 10.6 Å². The summed E-state index contributed by atoms with van der Waals surface area (Å²) in [5, 5.41) is 11.3. The molecular formula is C18H14Cl2F2N4OS. The zero-order valence-electron chi connectivity index (χ0n) is 14.2. The van der Waals surface area contributed by atoms with Crippen LogP contribution in [-0.4, -0.2) is 21.5 Å². The number of aromatic nitrogens is 2. The Morgan fingerprint density at radius 1 is 1.07 bits per heavy atom. The van der Waals surface area contributed by atoms with Gasteiger partial charge in [-0.05, 0) is 36.5 Å². The summed E-state index contributed by atoms with van der Waals surface area (Å²) >= 11 is 17.6. The van der Waals surface area contributed by atoms with Crippen molar-refractivity contribution < 1.29 is 13.5 Å². The molecule has 0 bridgehead atoms. The number of nitrogens with zero attached hydrogens (tertiary/aromatic N) is 2. The Labute approximate surface area is 175 Å². The van der Waals surface area contributed by atoms with E-state index in [-0.39, 0.29) is 10.9 Å². The molecule has 0 saturated carbocycles. The highest BCUT2D eigenvalue weighted by atomic mass is 35.5. The van der Waals surface area contributed by atoms with Crippen LogP contribution in [0.4, 0.5) is 20.3 Å². The zero-order chi connectivity index (χ0) is 20.1. The summed E-state index contributed by atoms with van der Waals surface area (Å²) in [6.07, 6.45) is 1.73. The minimum absolute atomic E-state index is 0.0134. The molecule has 0 aliphatic carbocycles. The number of hydrogen-bond acceptors (Lipinski definition) is 3. The third kappa shape index (κ3) is 5.31. The van der Waals surface area contributed by atoms with Gasteiger partial charge in [-0.2, -0.15) is 13.9 Å². The second kappa shape index (κ2) is 9.18. The van der Waals surface area contributed by atoms with Crippen molar-refractivity contribution in [2.24, 2.45) is 0 Å². The Morgan fingerprint density at radius 2 is 1.79 bits per heavy atom. The van der Waals surface area contributed by atoms with Crippen LogP contribution in [0.5, 0.6) is 5.75 Å². The number of ether oxygens (including phenoxy) is 1. The Kier molecular flexibility index (Phi) is 6.66. The molecule has 5 nitrogen and oxygen atoms in total. The molecule has 1 aromatic heterocycles. The van der Waals surface area contributed by atoms with Gasteiger partial charge in [0.15, 0.2) is 10.9 Å². The van der Waals surface area contributed by atoms with Gasteiger partial charge >= 0.3 is 6.61 Å². The van der Waals surface area contributed by atoms with E-state index in [9.17, 15) is 8.78 Å². The average molecular weight is 443 g/mol. The average Bonchev–Trinajstić information content (AvgIpc) is 3.06. The van der Waals surface area contributed by atoms with E-state index < -0.39 is 6.61 Å². The molecule has 28 heavy (non-hydrogen) atoms. The van der Waals surface area contributed by atoms with E-state index in [2.05, 4.69) is 20.5 Å². The van der Waals surface area contributed by atoms with Gasteiger partial charge in [-0.25, -0.2) is 0 Å². The number of alkyl halides is 2. The summed E-state index contributed by atoms with van der Waals surface area (Å²) in [6.45, 7) is -2.55. The molecule has 3 rings (SSSR count). The second-order valence-corrected chi connectivity index (χ2v) is 6.78. The Hall–Kier alpha value is -2.42. The molecule has 0 spiro atoms. The van der Waals surface area contributed by atoms with Crippen molar-refractivity contribution in [3.8, 4) is 5.75 Å². The lowest BCUT2D eigenvalue weighted by molar-refractivity contribution is -0.0493. The van der Waals surface area contributed by atoms with Crippen LogP contribution in [0, 0.1) is 0 Å². The molecule has 0 aliphatic heterocycles. The van der Waals surface area contributed by atoms with Crippen LogP contribution in [0.1, 0.15) is 5.56 Å². The first-order valence-corrected chi connectivity index (χ1v) is 9.17. The van der Waals surface area contributed by atoms with Gasteiger partial charge in [-0.1, -0.05) is 41.4 Å². The van der Waals surface area contributed by atoms with Crippen molar-refractivity contribution in [2.45, 2.75) is 13.2 Å². The van der Waals surface area contributed by atoms with E-state index in [1.807, 2.05) is 0 Å². The number of halogens is 4. The maximum Gasteiger partial charge on any atom is 0.387 e. The molecule has 10 heteroatoms. The SMILES string of the molecule is FC(F)Oc1ccccc1NC(=S)Nc1ccn(Cc2c(Cl)cccc2Cl)n1. The first-order chi connectivity index (χ1) is 13.4. The minimum Gasteiger partial charge on any atom is -0.433 e. The monoisotopic (exact) mass is 442 g/mol. The second-order valence-electron chi connectivity index (χ2n) is 5.55. The van der Waals surface area contributed by atoms with Crippen LogP contribution in [-0.2, 0) is 6.54 Å². The minimum atomic E-state index is -2.93. The van der Waals surface area contributed by atoms with Crippen molar-refractivity contribution >= 4 is 52.0 Å². The van der Waals surface area contributed by atoms with Crippen LogP contribution in [0.3, 0.4) is 0 Å². The standard InChI is InChI=1S/C18H14Cl2F2N4OS/c19-12-4-3-5-13(20)11(12)10-26-9-8-16(25-26)24-18(28)23-14-6-1-2-7-15(14)27-17(21)22/h1-9,17H,10H2,(H2,23,24,25,28). The Balaban J connectivity index is 1.65. The number of anilines is 2. The Bertz CT molecular complexity index is 963. The fourth-order valence-corrected chi connectivity index (χ4v) is 3.13. The molecular weight excluding hydrogens is 429 g/mol. The van der Waals surface area contributed by atoms with E-state index in [1.165, 1.54) is 6.07 Å². The molecule has 0 unspecified atom stereocenters. The maximum atomic E-state index is 12.5. The molecule has 3 aromatic rings. The van der Waals surface area contributed by atoms with Crippen molar-refractivity contribution in [1.29, 1.82) is 0 Å². The van der Waals surface area contributed by atoms with E-state index in [1.54, 1.807) is 53.3 Å². The maximum absolute atomic E-state index is 12.5. The lowest BCUT2D eigenvalue weighted by Gasteiger charge is -2.13. The smallest absolute Gasteiger partial charge is 0.387 e. The highest BCUT2D eigenvalue weighted by Gasteiger charge is 2.11. The van der Waals surface area contributed by atoms with Crippen LogP contribution >= 0.6 is 35.4 Å². The molecule has 2 N–H and O–H groups in total. The summed E-state index contributed by atoms with van der Waals surface area (Å²) in [5.41, 5.74) is 1.06. The number of thiocarbonyl (C=S) groups is 1. The van der Waals surface area contributed by atoms with Crippen molar-refractivity contribution in [3.05, 3.63) is 70.3 Å². The highest BCUT2D eigenvalue weighted by Crippen LogP contribution is 2.26. The number of hydrogen-bond donors (Lipinski definition) is 2. The number of rotatable bonds is 6. The summed E-state index contributed by atoms with van der Waals surface area (Å²) < 4.78 is 31.1. The zero-order valence-corrected chi connectivity index (χ0v) is 16.5. The summed E-state index contributed by atoms with van der Waals surface area (Å²) in [5.74, 6) is 0.452. The molecule has 0 saturated heterocycles. The summed E-state index contributed by atoms with van der Waals surface area (Å²) in [6, 6.07) is 13.2. The van der Waals surface area contributed by atoms with E-state index in [0.29, 0.717) is 28.1 Å². The first kappa shape index (κ1) is 20.3. The number of benzene rings is 2. The number of para-hydroxylation sites is 2. The van der Waals surface area contributed by atoms with Gasteiger partial charge in [0, 0.05) is 27.9 Å². The summed E-state index contributed by atoms with van der Waals surface area (Å²) in [7, 11) is 0. The van der Waals surface area contributed by atoms with Crippen molar-refractivity contribution in [1.82, 2.24) is 9.78 Å². The quantitative estimate of drug-likeness (QED) is 0.483. The lowest BCUT2D eigenvalue weighted by Crippen LogP contribution is -2.20. The van der Waals surface area contributed by atoms with Gasteiger partial charge in [0.05, 0.1) is 12.2 Å². The lowest BCUT2D eigenvalue weighted by atomic mass is 10.2.